The number of benzene rings is 1. The molecule has 1 aromatic carbocycles. The van der Waals surface area contributed by atoms with Crippen molar-refractivity contribution >= 4 is 0 Å². The average Bonchev–Trinajstić information content (AvgIpc) is 3.43. The topological polar surface area (TPSA) is 76.4 Å². The van der Waals surface area contributed by atoms with E-state index < -0.39 is 0 Å². The Morgan fingerprint density at radius 2 is 2.04 bits per heavy atom. The molecule has 7 heteroatoms. The molecule has 3 aromatic rings. The molecule has 0 spiro atoms. The fourth-order valence-electron chi connectivity index (χ4n) is 4.20. The molecule has 0 amide bonds. The van der Waals surface area contributed by atoms with Crippen LogP contribution in [0.15, 0.2) is 28.9 Å². The quantitative estimate of drug-likeness (QED) is 0.693. The summed E-state index contributed by atoms with van der Waals surface area (Å²) in [6.45, 7) is 5.88. The number of H-pyrrole nitrogens is 1. The lowest BCUT2D eigenvalue weighted by molar-refractivity contribution is 0.246. The van der Waals surface area contributed by atoms with Crippen LogP contribution in [-0.4, -0.2) is 41.0 Å². The van der Waals surface area contributed by atoms with Crippen LogP contribution in [0.4, 0.5) is 0 Å². The molecule has 3 heterocycles. The molecule has 4 rings (SSSR count). The van der Waals surface area contributed by atoms with Gasteiger partial charge < -0.3 is 14.0 Å². The third-order valence-corrected chi connectivity index (χ3v) is 5.55. The smallest absolute Gasteiger partial charge is 0.161 e. The highest BCUT2D eigenvalue weighted by atomic mass is 16.5. The van der Waals surface area contributed by atoms with Crippen molar-refractivity contribution in [2.24, 2.45) is 0 Å². The van der Waals surface area contributed by atoms with Gasteiger partial charge in [-0.2, -0.15) is 5.10 Å². The first kappa shape index (κ1) is 18.6. The molecule has 1 aliphatic heterocycles. The molecule has 1 atom stereocenters. The van der Waals surface area contributed by atoms with E-state index in [9.17, 15) is 0 Å². The van der Waals surface area contributed by atoms with Crippen molar-refractivity contribution in [2.45, 2.75) is 39.3 Å². The van der Waals surface area contributed by atoms with Crippen molar-refractivity contribution in [3.63, 3.8) is 0 Å². The maximum atomic E-state index is 5.45. The van der Waals surface area contributed by atoms with Gasteiger partial charge in [-0.05, 0) is 51.4 Å². The Labute approximate surface area is 164 Å². The van der Waals surface area contributed by atoms with Crippen LogP contribution >= 0.6 is 0 Å². The highest BCUT2D eigenvalue weighted by Gasteiger charge is 2.31. The number of hydrogen-bond acceptors (Lipinski definition) is 6. The second kappa shape index (κ2) is 7.67. The Balaban J connectivity index is 1.61. The van der Waals surface area contributed by atoms with Gasteiger partial charge in [0.05, 0.1) is 31.8 Å². The summed E-state index contributed by atoms with van der Waals surface area (Å²) >= 11 is 0. The first-order chi connectivity index (χ1) is 13.6. The molecule has 1 aliphatic rings. The van der Waals surface area contributed by atoms with Gasteiger partial charge in [-0.1, -0.05) is 5.16 Å². The number of methoxy groups -OCH3 is 2. The summed E-state index contributed by atoms with van der Waals surface area (Å²) in [6, 6.07) is 6.25. The fraction of sp³-hybridized carbons (Fsp3) is 0.429. The Morgan fingerprint density at radius 1 is 1.21 bits per heavy atom. The summed E-state index contributed by atoms with van der Waals surface area (Å²) in [7, 11) is 3.29. The standard InChI is InChI=1S/C21H26N4O3/c1-13-20(14(2)28-24-13)17-6-5-9-25(17)12-16-11-22-23-21(16)15-7-8-18(26-3)19(10-15)27-4/h7-8,10-11,17H,5-6,9,12H2,1-4H3,(H,22,23)/t17-/m1/s1. The molecule has 148 valence electrons. The number of aromatic nitrogens is 3. The van der Waals surface area contributed by atoms with Crippen LogP contribution in [0.2, 0.25) is 0 Å². The molecule has 0 radical (unpaired) electrons. The van der Waals surface area contributed by atoms with Crippen molar-refractivity contribution in [2.75, 3.05) is 20.8 Å². The molecule has 0 bridgehead atoms. The fourth-order valence-corrected chi connectivity index (χ4v) is 4.20. The molecule has 0 saturated carbocycles. The number of nitrogens with one attached hydrogen (secondary N) is 1. The number of ether oxygens (including phenoxy) is 2. The van der Waals surface area contributed by atoms with Crippen molar-refractivity contribution in [1.29, 1.82) is 0 Å². The van der Waals surface area contributed by atoms with Gasteiger partial charge in [0.2, 0.25) is 0 Å². The number of nitrogens with zero attached hydrogens (tertiary/aromatic N) is 3. The third kappa shape index (κ3) is 3.26. The molecule has 1 saturated heterocycles. The van der Waals surface area contributed by atoms with E-state index in [4.69, 9.17) is 14.0 Å². The molecule has 0 aliphatic carbocycles. The number of rotatable bonds is 6. The maximum absolute atomic E-state index is 5.45. The monoisotopic (exact) mass is 382 g/mol. The minimum absolute atomic E-state index is 0.333. The lowest BCUT2D eigenvalue weighted by Gasteiger charge is -2.24. The molecule has 28 heavy (non-hydrogen) atoms. The highest BCUT2D eigenvalue weighted by molar-refractivity contribution is 5.66. The Kier molecular flexibility index (Phi) is 5.09. The van der Waals surface area contributed by atoms with E-state index in [1.54, 1.807) is 14.2 Å². The van der Waals surface area contributed by atoms with Crippen molar-refractivity contribution in [3.8, 4) is 22.8 Å². The third-order valence-electron chi connectivity index (χ3n) is 5.55. The molecule has 0 unspecified atom stereocenters. The largest absolute Gasteiger partial charge is 0.493 e. The summed E-state index contributed by atoms with van der Waals surface area (Å²) in [5, 5.41) is 11.6. The first-order valence-corrected chi connectivity index (χ1v) is 9.53. The van der Waals surface area contributed by atoms with Gasteiger partial charge in [0, 0.05) is 29.3 Å². The van der Waals surface area contributed by atoms with Gasteiger partial charge in [-0.15, -0.1) is 0 Å². The molecular formula is C21H26N4O3. The normalized spacial score (nSPS) is 17.2. The van der Waals surface area contributed by atoms with E-state index in [1.807, 2.05) is 38.2 Å². The Morgan fingerprint density at radius 3 is 2.75 bits per heavy atom. The van der Waals surface area contributed by atoms with E-state index in [0.29, 0.717) is 17.5 Å². The molecule has 2 aromatic heterocycles. The summed E-state index contributed by atoms with van der Waals surface area (Å²) in [5.41, 5.74) is 5.41. The van der Waals surface area contributed by atoms with E-state index in [0.717, 1.165) is 54.2 Å². The number of hydrogen-bond donors (Lipinski definition) is 1. The zero-order valence-corrected chi connectivity index (χ0v) is 16.8. The van der Waals surface area contributed by atoms with Crippen molar-refractivity contribution in [3.05, 3.63) is 47.0 Å². The van der Waals surface area contributed by atoms with Crippen molar-refractivity contribution in [1.82, 2.24) is 20.3 Å². The maximum Gasteiger partial charge on any atom is 0.161 e. The Hall–Kier alpha value is -2.80. The van der Waals surface area contributed by atoms with Gasteiger partial charge in [0.25, 0.3) is 0 Å². The molecule has 7 nitrogen and oxygen atoms in total. The number of likely N-dealkylation sites (tertiary alicyclic amines) is 1. The van der Waals surface area contributed by atoms with Crippen LogP contribution in [0.25, 0.3) is 11.3 Å². The highest BCUT2D eigenvalue weighted by Crippen LogP contribution is 2.38. The minimum Gasteiger partial charge on any atom is -0.493 e. The predicted octanol–water partition coefficient (Wildman–Crippen LogP) is 4.04. The second-order valence-corrected chi connectivity index (χ2v) is 7.21. The zero-order valence-electron chi connectivity index (χ0n) is 16.8. The van der Waals surface area contributed by atoms with E-state index in [2.05, 4.69) is 20.3 Å². The van der Waals surface area contributed by atoms with E-state index in [-0.39, 0.29) is 0 Å². The Bertz CT molecular complexity index is 943. The van der Waals surface area contributed by atoms with Gasteiger partial charge in [-0.25, -0.2) is 0 Å². The molecular weight excluding hydrogens is 356 g/mol. The average molecular weight is 382 g/mol. The van der Waals surface area contributed by atoms with Gasteiger partial charge in [0.1, 0.15) is 5.76 Å². The SMILES string of the molecule is COc1ccc(-c2[nH]ncc2CN2CCC[C@@H]2c2c(C)noc2C)cc1OC. The van der Waals surface area contributed by atoms with Crippen LogP contribution in [0.5, 0.6) is 11.5 Å². The second-order valence-electron chi connectivity index (χ2n) is 7.21. The van der Waals surface area contributed by atoms with Crippen LogP contribution in [0.3, 0.4) is 0 Å². The van der Waals surface area contributed by atoms with Crippen LogP contribution < -0.4 is 9.47 Å². The summed E-state index contributed by atoms with van der Waals surface area (Å²) in [5.74, 6) is 2.34. The summed E-state index contributed by atoms with van der Waals surface area (Å²) in [6.07, 6.45) is 4.19. The number of aromatic amines is 1. The van der Waals surface area contributed by atoms with Crippen LogP contribution in [0, 0.1) is 13.8 Å². The van der Waals surface area contributed by atoms with Gasteiger partial charge in [-0.3, -0.25) is 10.00 Å². The molecule has 1 fully saturated rings. The lowest BCUT2D eigenvalue weighted by atomic mass is 10.0. The first-order valence-electron chi connectivity index (χ1n) is 9.53. The molecule has 1 N–H and O–H groups in total. The summed E-state index contributed by atoms with van der Waals surface area (Å²) < 4.78 is 16.2. The number of aryl methyl sites for hydroxylation is 2. The van der Waals surface area contributed by atoms with Crippen molar-refractivity contribution < 1.29 is 14.0 Å². The summed E-state index contributed by atoms with van der Waals surface area (Å²) in [4.78, 5) is 2.49. The van der Waals surface area contributed by atoms with E-state index in [1.165, 1.54) is 5.56 Å². The van der Waals surface area contributed by atoms with Crippen LogP contribution in [0.1, 0.15) is 41.5 Å². The lowest BCUT2D eigenvalue weighted by Crippen LogP contribution is -2.23. The van der Waals surface area contributed by atoms with Gasteiger partial charge >= 0.3 is 0 Å². The van der Waals surface area contributed by atoms with Gasteiger partial charge in [0.15, 0.2) is 11.5 Å². The van der Waals surface area contributed by atoms with E-state index >= 15 is 0 Å². The van der Waals surface area contributed by atoms with Crippen LogP contribution in [-0.2, 0) is 6.54 Å². The minimum atomic E-state index is 0.333. The predicted molar refractivity (Wildman–Crippen MR) is 105 cm³/mol. The zero-order chi connectivity index (χ0) is 19.7.